The number of benzene rings is 1. The summed E-state index contributed by atoms with van der Waals surface area (Å²) < 4.78 is 1.02. The van der Waals surface area contributed by atoms with Gasteiger partial charge in [-0.3, -0.25) is 4.79 Å². The molecule has 0 aliphatic heterocycles. The molecule has 3 N–H and O–H groups in total. The SMILES string of the molecule is Cc1ccc(Br)cc1CNCC(O)CCC(=O)O. The number of carboxylic acids is 1. The summed E-state index contributed by atoms with van der Waals surface area (Å²) in [5.41, 5.74) is 2.35. The van der Waals surface area contributed by atoms with Gasteiger partial charge in [-0.05, 0) is 36.6 Å². The zero-order valence-electron chi connectivity index (χ0n) is 10.3. The molecule has 0 fully saturated rings. The second-order valence-corrected chi connectivity index (χ2v) is 5.20. The topological polar surface area (TPSA) is 69.6 Å². The lowest BCUT2D eigenvalue weighted by molar-refractivity contribution is -0.137. The smallest absolute Gasteiger partial charge is 0.303 e. The van der Waals surface area contributed by atoms with E-state index in [-0.39, 0.29) is 12.8 Å². The number of aliphatic hydroxyl groups excluding tert-OH is 1. The summed E-state index contributed by atoms with van der Waals surface area (Å²) in [4.78, 5) is 10.3. The summed E-state index contributed by atoms with van der Waals surface area (Å²) in [6.45, 7) is 3.10. The lowest BCUT2D eigenvalue weighted by atomic mass is 10.1. The highest BCUT2D eigenvalue weighted by atomic mass is 79.9. The number of nitrogens with one attached hydrogen (secondary N) is 1. The van der Waals surface area contributed by atoms with E-state index in [9.17, 15) is 9.90 Å². The molecule has 0 amide bonds. The Labute approximate surface area is 115 Å². The molecule has 0 radical (unpaired) electrons. The maximum atomic E-state index is 10.3. The molecule has 1 aromatic rings. The maximum Gasteiger partial charge on any atom is 0.303 e. The largest absolute Gasteiger partial charge is 0.481 e. The van der Waals surface area contributed by atoms with Crippen molar-refractivity contribution >= 4 is 21.9 Å². The Morgan fingerprint density at radius 2 is 2.22 bits per heavy atom. The fourth-order valence-electron chi connectivity index (χ4n) is 1.60. The van der Waals surface area contributed by atoms with E-state index in [1.807, 2.05) is 25.1 Å². The summed E-state index contributed by atoms with van der Waals surface area (Å²) in [7, 11) is 0. The number of carbonyl (C=O) groups is 1. The lowest BCUT2D eigenvalue weighted by Crippen LogP contribution is -2.27. The first kappa shape index (κ1) is 15.1. The first-order valence-electron chi connectivity index (χ1n) is 5.84. The van der Waals surface area contributed by atoms with Gasteiger partial charge in [0.1, 0.15) is 0 Å². The van der Waals surface area contributed by atoms with Crippen molar-refractivity contribution in [1.82, 2.24) is 5.32 Å². The summed E-state index contributed by atoms with van der Waals surface area (Å²) in [6, 6.07) is 6.05. The van der Waals surface area contributed by atoms with Gasteiger partial charge >= 0.3 is 5.97 Å². The highest BCUT2D eigenvalue weighted by molar-refractivity contribution is 9.10. The van der Waals surface area contributed by atoms with Crippen molar-refractivity contribution in [1.29, 1.82) is 0 Å². The molecule has 1 aromatic carbocycles. The monoisotopic (exact) mass is 315 g/mol. The zero-order valence-corrected chi connectivity index (χ0v) is 11.9. The molecule has 1 rings (SSSR count). The van der Waals surface area contributed by atoms with Crippen LogP contribution in [0.3, 0.4) is 0 Å². The van der Waals surface area contributed by atoms with Gasteiger partial charge in [0.2, 0.25) is 0 Å². The molecule has 1 unspecified atom stereocenters. The van der Waals surface area contributed by atoms with Crippen molar-refractivity contribution in [3.8, 4) is 0 Å². The first-order valence-corrected chi connectivity index (χ1v) is 6.64. The van der Waals surface area contributed by atoms with Crippen molar-refractivity contribution in [2.75, 3.05) is 6.54 Å². The Balaban J connectivity index is 2.32. The van der Waals surface area contributed by atoms with Gasteiger partial charge in [-0.25, -0.2) is 0 Å². The predicted octanol–water partition coefficient (Wildman–Crippen LogP) is 2.07. The van der Waals surface area contributed by atoms with Gasteiger partial charge in [-0.2, -0.15) is 0 Å². The molecule has 0 bridgehead atoms. The Bertz CT molecular complexity index is 409. The van der Waals surface area contributed by atoms with Crippen LogP contribution >= 0.6 is 15.9 Å². The Kier molecular flexibility index (Phi) is 6.32. The third kappa shape index (κ3) is 5.62. The molecule has 0 aliphatic carbocycles. The molecular weight excluding hydrogens is 298 g/mol. The molecule has 0 heterocycles. The molecule has 1 atom stereocenters. The van der Waals surface area contributed by atoms with E-state index in [0.717, 1.165) is 10.0 Å². The standard InChI is InChI=1S/C13H18BrNO3/c1-9-2-3-11(14)6-10(9)7-15-8-12(16)4-5-13(17)18/h2-3,6,12,15-16H,4-5,7-8H2,1H3,(H,17,18). The van der Waals surface area contributed by atoms with Gasteiger partial charge < -0.3 is 15.5 Å². The molecule has 0 spiro atoms. The van der Waals surface area contributed by atoms with Crippen LogP contribution in [0.15, 0.2) is 22.7 Å². The van der Waals surface area contributed by atoms with Crippen LogP contribution in [0.4, 0.5) is 0 Å². The van der Waals surface area contributed by atoms with Crippen molar-refractivity contribution in [3.05, 3.63) is 33.8 Å². The average molecular weight is 316 g/mol. The summed E-state index contributed by atoms with van der Waals surface area (Å²) in [5, 5.41) is 21.2. The van der Waals surface area contributed by atoms with Crippen molar-refractivity contribution in [2.24, 2.45) is 0 Å². The average Bonchev–Trinajstić information content (AvgIpc) is 2.31. The Morgan fingerprint density at radius 3 is 2.89 bits per heavy atom. The van der Waals surface area contributed by atoms with Crippen molar-refractivity contribution in [2.45, 2.75) is 32.4 Å². The number of carboxylic acid groups (broad SMARTS) is 1. The molecule has 0 aromatic heterocycles. The van der Waals surface area contributed by atoms with E-state index in [4.69, 9.17) is 5.11 Å². The fraction of sp³-hybridized carbons (Fsp3) is 0.462. The minimum atomic E-state index is -0.878. The number of hydrogen-bond acceptors (Lipinski definition) is 3. The van der Waals surface area contributed by atoms with Gasteiger partial charge in [-0.15, -0.1) is 0 Å². The van der Waals surface area contributed by atoms with Crippen LogP contribution in [0.2, 0.25) is 0 Å². The highest BCUT2D eigenvalue weighted by Gasteiger charge is 2.07. The van der Waals surface area contributed by atoms with E-state index in [1.165, 1.54) is 5.56 Å². The van der Waals surface area contributed by atoms with Gasteiger partial charge in [-0.1, -0.05) is 22.0 Å². The fourth-order valence-corrected chi connectivity index (χ4v) is 2.00. The first-order chi connectivity index (χ1) is 8.49. The normalized spacial score (nSPS) is 12.4. The lowest BCUT2D eigenvalue weighted by Gasteiger charge is -2.12. The van der Waals surface area contributed by atoms with Crippen molar-refractivity contribution in [3.63, 3.8) is 0 Å². The maximum absolute atomic E-state index is 10.3. The summed E-state index contributed by atoms with van der Waals surface area (Å²) in [6.07, 6.45) is -0.341. The zero-order chi connectivity index (χ0) is 13.5. The molecule has 18 heavy (non-hydrogen) atoms. The van der Waals surface area contributed by atoms with Crippen LogP contribution in [0.1, 0.15) is 24.0 Å². The second kappa shape index (κ2) is 7.51. The number of halogens is 1. The number of aliphatic carboxylic acids is 1. The van der Waals surface area contributed by atoms with Crippen LogP contribution in [-0.4, -0.2) is 28.8 Å². The Hall–Kier alpha value is -0.910. The molecule has 4 nitrogen and oxygen atoms in total. The van der Waals surface area contributed by atoms with Crippen LogP contribution in [-0.2, 0) is 11.3 Å². The van der Waals surface area contributed by atoms with Gasteiger partial charge in [0, 0.05) is 24.0 Å². The molecule has 0 saturated carbocycles. The Morgan fingerprint density at radius 1 is 1.50 bits per heavy atom. The summed E-state index contributed by atoms with van der Waals surface area (Å²) >= 11 is 3.42. The van der Waals surface area contributed by atoms with E-state index < -0.39 is 12.1 Å². The van der Waals surface area contributed by atoms with Crippen LogP contribution in [0.5, 0.6) is 0 Å². The highest BCUT2D eigenvalue weighted by Crippen LogP contribution is 2.15. The van der Waals surface area contributed by atoms with E-state index in [0.29, 0.717) is 13.1 Å². The van der Waals surface area contributed by atoms with E-state index in [1.54, 1.807) is 0 Å². The minimum absolute atomic E-state index is 0.00123. The van der Waals surface area contributed by atoms with Gasteiger partial charge in [0.25, 0.3) is 0 Å². The number of hydrogen-bond donors (Lipinski definition) is 3. The van der Waals surface area contributed by atoms with Gasteiger partial charge in [0.15, 0.2) is 0 Å². The molecule has 5 heteroatoms. The van der Waals surface area contributed by atoms with Crippen LogP contribution < -0.4 is 5.32 Å². The molecule has 100 valence electrons. The number of rotatable bonds is 7. The van der Waals surface area contributed by atoms with Crippen LogP contribution in [0.25, 0.3) is 0 Å². The van der Waals surface area contributed by atoms with E-state index >= 15 is 0 Å². The molecule has 0 aliphatic rings. The minimum Gasteiger partial charge on any atom is -0.481 e. The third-order valence-electron chi connectivity index (χ3n) is 2.70. The number of aliphatic hydroxyl groups is 1. The predicted molar refractivity (Wildman–Crippen MR) is 73.5 cm³/mol. The quantitative estimate of drug-likeness (QED) is 0.720. The number of aryl methyl sites for hydroxylation is 1. The van der Waals surface area contributed by atoms with Crippen molar-refractivity contribution < 1.29 is 15.0 Å². The third-order valence-corrected chi connectivity index (χ3v) is 3.19. The van der Waals surface area contributed by atoms with Gasteiger partial charge in [0.05, 0.1) is 6.10 Å². The second-order valence-electron chi connectivity index (χ2n) is 4.29. The summed E-state index contributed by atoms with van der Waals surface area (Å²) in [5.74, 6) is -0.878. The molecular formula is C13H18BrNO3. The van der Waals surface area contributed by atoms with Crippen LogP contribution in [0, 0.1) is 6.92 Å². The molecule has 0 saturated heterocycles. The van der Waals surface area contributed by atoms with E-state index in [2.05, 4.69) is 21.2 Å².